The third kappa shape index (κ3) is 3.15. The van der Waals surface area contributed by atoms with E-state index in [2.05, 4.69) is 47.6 Å². The van der Waals surface area contributed by atoms with Gasteiger partial charge in [0.1, 0.15) is 5.84 Å². The van der Waals surface area contributed by atoms with Crippen LogP contribution in [-0.2, 0) is 6.42 Å². The first-order chi connectivity index (χ1) is 9.11. The average Bonchev–Trinajstić information content (AvgIpc) is 2.78. The number of hydrogen-bond donors (Lipinski definition) is 3. The molecule has 0 radical (unpaired) electrons. The van der Waals surface area contributed by atoms with Gasteiger partial charge >= 0.3 is 0 Å². The molecule has 0 fully saturated rings. The van der Waals surface area contributed by atoms with Crippen LogP contribution in [0.25, 0.3) is 10.9 Å². The fourth-order valence-corrected chi connectivity index (χ4v) is 2.16. The zero-order valence-electron chi connectivity index (χ0n) is 11.9. The summed E-state index contributed by atoms with van der Waals surface area (Å²) < 4.78 is 0. The number of H-pyrrole nitrogens is 1. The molecule has 1 aromatic carbocycles. The molecule has 0 unspecified atom stereocenters. The van der Waals surface area contributed by atoms with Gasteiger partial charge in [0.15, 0.2) is 0 Å². The van der Waals surface area contributed by atoms with Crippen LogP contribution in [0, 0.1) is 5.41 Å². The van der Waals surface area contributed by atoms with Gasteiger partial charge in [0.2, 0.25) is 0 Å². The molecule has 1 aromatic heterocycles. The van der Waals surface area contributed by atoms with Crippen molar-refractivity contribution in [3.8, 4) is 0 Å². The molecule has 0 aliphatic rings. The highest BCUT2D eigenvalue weighted by atomic mass is 15.0. The van der Waals surface area contributed by atoms with Crippen molar-refractivity contribution in [3.63, 3.8) is 0 Å². The van der Waals surface area contributed by atoms with E-state index in [1.54, 1.807) is 0 Å². The quantitative estimate of drug-likeness (QED) is 0.569. The molecule has 0 aliphatic carbocycles. The van der Waals surface area contributed by atoms with Crippen molar-refractivity contribution in [1.29, 1.82) is 5.41 Å². The van der Waals surface area contributed by atoms with Crippen LogP contribution in [0.2, 0.25) is 0 Å². The molecule has 19 heavy (non-hydrogen) atoms. The minimum absolute atomic E-state index is 0.490. The van der Waals surface area contributed by atoms with Crippen LogP contribution in [0.5, 0.6) is 0 Å². The highest BCUT2D eigenvalue weighted by molar-refractivity contribution is 6.00. The predicted molar refractivity (Wildman–Crippen MR) is 81.1 cm³/mol. The van der Waals surface area contributed by atoms with Crippen molar-refractivity contribution >= 4 is 16.7 Å². The predicted octanol–water partition coefficient (Wildman–Crippen LogP) is 2.21. The van der Waals surface area contributed by atoms with E-state index in [1.807, 2.05) is 13.0 Å². The topological polar surface area (TPSA) is 54.9 Å². The molecular formula is C15H22N4. The summed E-state index contributed by atoms with van der Waals surface area (Å²) >= 11 is 0. The van der Waals surface area contributed by atoms with E-state index in [4.69, 9.17) is 5.41 Å². The molecule has 102 valence electrons. The third-order valence-electron chi connectivity index (χ3n) is 3.24. The number of amidine groups is 1. The lowest BCUT2D eigenvalue weighted by molar-refractivity contribution is 0.414. The number of likely N-dealkylation sites (N-methyl/N-ethyl adjacent to an activating group) is 1. The lowest BCUT2D eigenvalue weighted by Crippen LogP contribution is -2.22. The molecule has 0 atom stereocenters. The van der Waals surface area contributed by atoms with E-state index in [0.717, 1.165) is 30.6 Å². The first-order valence-electron chi connectivity index (χ1n) is 6.69. The number of hydrogen-bond acceptors (Lipinski definition) is 2. The molecule has 0 saturated heterocycles. The minimum Gasteiger partial charge on any atom is -0.370 e. The molecule has 0 aliphatic heterocycles. The van der Waals surface area contributed by atoms with E-state index in [0.29, 0.717) is 5.84 Å². The van der Waals surface area contributed by atoms with Gasteiger partial charge in [-0.2, -0.15) is 0 Å². The standard InChI is InChI=1S/C15H22N4/c1-4-17-15(16)11-5-6-14-13(9-11)12(10-18-14)7-8-19(2)3/h5-6,9-10,18H,4,7-8H2,1-3H3,(H2,16,17). The van der Waals surface area contributed by atoms with E-state index in [-0.39, 0.29) is 0 Å². The Morgan fingerprint density at radius 3 is 2.84 bits per heavy atom. The zero-order chi connectivity index (χ0) is 13.8. The monoisotopic (exact) mass is 258 g/mol. The number of nitrogens with zero attached hydrogens (tertiary/aromatic N) is 1. The molecule has 0 amide bonds. The highest BCUT2D eigenvalue weighted by Gasteiger charge is 2.07. The molecule has 3 N–H and O–H groups in total. The van der Waals surface area contributed by atoms with Crippen LogP contribution in [0.1, 0.15) is 18.1 Å². The summed E-state index contributed by atoms with van der Waals surface area (Å²) in [6, 6.07) is 6.14. The maximum atomic E-state index is 7.97. The van der Waals surface area contributed by atoms with E-state index >= 15 is 0 Å². The fourth-order valence-electron chi connectivity index (χ4n) is 2.16. The summed E-state index contributed by atoms with van der Waals surface area (Å²) in [7, 11) is 4.17. The summed E-state index contributed by atoms with van der Waals surface area (Å²) in [5.41, 5.74) is 3.40. The SMILES string of the molecule is CCNC(=N)c1ccc2[nH]cc(CCN(C)C)c2c1. The molecule has 2 rings (SSSR count). The van der Waals surface area contributed by atoms with Crippen molar-refractivity contribution in [2.24, 2.45) is 0 Å². The van der Waals surface area contributed by atoms with Crippen LogP contribution >= 0.6 is 0 Å². The molecule has 0 bridgehead atoms. The summed E-state index contributed by atoms with van der Waals surface area (Å²) in [5.74, 6) is 0.490. The molecule has 2 aromatic rings. The molecule has 4 heteroatoms. The minimum atomic E-state index is 0.490. The van der Waals surface area contributed by atoms with Gasteiger partial charge < -0.3 is 15.2 Å². The van der Waals surface area contributed by atoms with Crippen LogP contribution in [-0.4, -0.2) is 42.9 Å². The van der Waals surface area contributed by atoms with E-state index in [1.165, 1.54) is 10.9 Å². The molecule has 1 heterocycles. The Hall–Kier alpha value is -1.81. The summed E-state index contributed by atoms with van der Waals surface area (Å²) in [4.78, 5) is 5.48. The fraction of sp³-hybridized carbons (Fsp3) is 0.400. The largest absolute Gasteiger partial charge is 0.370 e. The zero-order valence-corrected chi connectivity index (χ0v) is 11.9. The molecule has 0 saturated carbocycles. The number of aromatic amines is 1. The Labute approximate surface area is 114 Å². The van der Waals surface area contributed by atoms with Crippen molar-refractivity contribution in [1.82, 2.24) is 15.2 Å². The van der Waals surface area contributed by atoms with Crippen molar-refractivity contribution in [3.05, 3.63) is 35.5 Å². The van der Waals surface area contributed by atoms with Crippen LogP contribution in [0.4, 0.5) is 0 Å². The Kier molecular flexibility index (Phi) is 4.22. The maximum absolute atomic E-state index is 7.97. The smallest absolute Gasteiger partial charge is 0.125 e. The number of aromatic nitrogens is 1. The van der Waals surface area contributed by atoms with E-state index in [9.17, 15) is 0 Å². The third-order valence-corrected chi connectivity index (χ3v) is 3.24. The average molecular weight is 258 g/mol. The Morgan fingerprint density at radius 1 is 1.37 bits per heavy atom. The second kappa shape index (κ2) is 5.89. The van der Waals surface area contributed by atoms with Gasteiger partial charge in [0.25, 0.3) is 0 Å². The van der Waals surface area contributed by atoms with Gasteiger partial charge in [-0.05, 0) is 51.2 Å². The molecule has 0 spiro atoms. The van der Waals surface area contributed by atoms with Gasteiger partial charge in [-0.25, -0.2) is 0 Å². The first kappa shape index (κ1) is 13.6. The molecular weight excluding hydrogens is 236 g/mol. The highest BCUT2D eigenvalue weighted by Crippen LogP contribution is 2.20. The van der Waals surface area contributed by atoms with Gasteiger partial charge in [-0.3, -0.25) is 5.41 Å². The summed E-state index contributed by atoms with van der Waals surface area (Å²) in [6.07, 6.45) is 3.10. The van der Waals surface area contributed by atoms with Gasteiger partial charge in [-0.15, -0.1) is 0 Å². The summed E-state index contributed by atoms with van der Waals surface area (Å²) in [5, 5.41) is 12.2. The van der Waals surface area contributed by atoms with Gasteiger partial charge in [0, 0.05) is 35.8 Å². The van der Waals surface area contributed by atoms with Crippen LogP contribution in [0.15, 0.2) is 24.4 Å². The number of benzene rings is 1. The van der Waals surface area contributed by atoms with Crippen LogP contribution < -0.4 is 5.32 Å². The van der Waals surface area contributed by atoms with Crippen LogP contribution in [0.3, 0.4) is 0 Å². The van der Waals surface area contributed by atoms with Crippen molar-refractivity contribution in [2.75, 3.05) is 27.2 Å². The summed E-state index contributed by atoms with van der Waals surface area (Å²) in [6.45, 7) is 3.81. The molecule has 4 nitrogen and oxygen atoms in total. The normalized spacial score (nSPS) is 11.2. The van der Waals surface area contributed by atoms with Gasteiger partial charge in [-0.1, -0.05) is 0 Å². The number of fused-ring (bicyclic) bond motifs is 1. The number of rotatable bonds is 5. The second-order valence-corrected chi connectivity index (χ2v) is 5.03. The maximum Gasteiger partial charge on any atom is 0.125 e. The van der Waals surface area contributed by atoms with Gasteiger partial charge in [0.05, 0.1) is 0 Å². The Balaban J connectivity index is 2.29. The van der Waals surface area contributed by atoms with Crippen molar-refractivity contribution < 1.29 is 0 Å². The second-order valence-electron chi connectivity index (χ2n) is 5.03. The lowest BCUT2D eigenvalue weighted by atomic mass is 10.1. The van der Waals surface area contributed by atoms with E-state index < -0.39 is 0 Å². The Bertz CT molecular complexity index is 569. The Morgan fingerprint density at radius 2 is 2.16 bits per heavy atom. The lowest BCUT2D eigenvalue weighted by Gasteiger charge is -2.09. The van der Waals surface area contributed by atoms with Crippen molar-refractivity contribution in [2.45, 2.75) is 13.3 Å². The first-order valence-corrected chi connectivity index (χ1v) is 6.69. The number of nitrogens with one attached hydrogen (secondary N) is 3.